The third-order valence-corrected chi connectivity index (χ3v) is 9.53. The van der Waals surface area contributed by atoms with Crippen LogP contribution in [0.25, 0.3) is 27.3 Å². The van der Waals surface area contributed by atoms with Gasteiger partial charge in [-0.15, -0.1) is 11.3 Å². The standard InChI is InChI=1S/C33H36N8O3S/c1-22-30(35-21-41(22)29-6-5-17-45-29)27-18-23-19-34-33(37-31(23)40(32(27)43)20-28(42)39-13-3-4-14-39)36-24-7-9-25(10-8-24)44-26-11-15-38(2)16-12-26/h5-10,17-19,21,26H,3-4,11-16,20H2,1-2H3,(H,34,36,37). The summed E-state index contributed by atoms with van der Waals surface area (Å²) in [7, 11) is 2.14. The van der Waals surface area contributed by atoms with Gasteiger partial charge in [0.25, 0.3) is 5.56 Å². The van der Waals surface area contributed by atoms with Crippen molar-refractivity contribution in [1.82, 2.24) is 33.9 Å². The molecule has 6 heterocycles. The summed E-state index contributed by atoms with van der Waals surface area (Å²) in [6.45, 7) is 5.33. The van der Waals surface area contributed by atoms with Gasteiger partial charge in [0.1, 0.15) is 35.4 Å². The van der Waals surface area contributed by atoms with E-state index in [9.17, 15) is 9.59 Å². The lowest BCUT2D eigenvalue weighted by Crippen LogP contribution is -2.35. The van der Waals surface area contributed by atoms with Crippen LogP contribution >= 0.6 is 11.3 Å². The number of nitrogens with one attached hydrogen (secondary N) is 1. The van der Waals surface area contributed by atoms with Gasteiger partial charge in [-0.2, -0.15) is 4.98 Å². The smallest absolute Gasteiger partial charge is 0.262 e. The van der Waals surface area contributed by atoms with Crippen molar-refractivity contribution in [2.45, 2.75) is 45.3 Å². The van der Waals surface area contributed by atoms with Crippen molar-refractivity contribution in [2.24, 2.45) is 0 Å². The first-order chi connectivity index (χ1) is 21.9. The van der Waals surface area contributed by atoms with Gasteiger partial charge in [-0.05, 0) is 87.5 Å². The molecule has 2 saturated heterocycles. The molecule has 2 aliphatic heterocycles. The molecule has 5 aromatic rings. The average molecular weight is 625 g/mol. The number of ether oxygens (including phenoxy) is 1. The number of aromatic nitrogens is 5. The van der Waals surface area contributed by atoms with Crippen molar-refractivity contribution in [3.8, 4) is 22.0 Å². The number of fused-ring (bicyclic) bond motifs is 1. The third kappa shape index (κ3) is 6.07. The van der Waals surface area contributed by atoms with Crippen molar-refractivity contribution in [3.05, 3.63) is 76.4 Å². The van der Waals surface area contributed by atoms with E-state index < -0.39 is 0 Å². The Labute approximate surface area is 265 Å². The summed E-state index contributed by atoms with van der Waals surface area (Å²) in [5.41, 5.74) is 2.70. The molecule has 0 bridgehead atoms. The lowest BCUT2D eigenvalue weighted by atomic mass is 10.1. The van der Waals surface area contributed by atoms with E-state index in [1.807, 2.05) is 58.2 Å². The van der Waals surface area contributed by atoms with Gasteiger partial charge in [0, 0.05) is 49.1 Å². The molecular formula is C33H36N8O3S. The highest BCUT2D eigenvalue weighted by Crippen LogP contribution is 2.27. The Morgan fingerprint density at radius 2 is 1.84 bits per heavy atom. The maximum atomic E-state index is 14.1. The number of pyridine rings is 1. The van der Waals surface area contributed by atoms with E-state index >= 15 is 0 Å². The molecule has 11 nitrogen and oxygen atoms in total. The molecule has 232 valence electrons. The van der Waals surface area contributed by atoms with Crippen LogP contribution in [0.2, 0.25) is 0 Å². The second kappa shape index (κ2) is 12.4. The number of benzene rings is 1. The summed E-state index contributed by atoms with van der Waals surface area (Å²) in [6.07, 6.45) is 7.61. The van der Waals surface area contributed by atoms with Crippen molar-refractivity contribution in [3.63, 3.8) is 0 Å². The second-order valence-electron chi connectivity index (χ2n) is 11.8. The van der Waals surface area contributed by atoms with Crippen LogP contribution in [0.4, 0.5) is 11.6 Å². The minimum absolute atomic E-state index is 0.0952. The average Bonchev–Trinajstić information content (AvgIpc) is 3.84. The van der Waals surface area contributed by atoms with E-state index in [0.717, 1.165) is 60.9 Å². The van der Waals surface area contributed by atoms with E-state index in [1.54, 1.807) is 29.9 Å². The predicted molar refractivity (Wildman–Crippen MR) is 176 cm³/mol. The van der Waals surface area contributed by atoms with Crippen molar-refractivity contribution >= 4 is 39.9 Å². The summed E-state index contributed by atoms with van der Waals surface area (Å²) in [6, 6.07) is 13.5. The van der Waals surface area contributed by atoms with Gasteiger partial charge in [-0.25, -0.2) is 9.97 Å². The van der Waals surface area contributed by atoms with Gasteiger partial charge < -0.3 is 19.9 Å². The highest BCUT2D eigenvalue weighted by Gasteiger charge is 2.23. The minimum atomic E-state index is -0.311. The minimum Gasteiger partial charge on any atom is -0.490 e. The maximum absolute atomic E-state index is 14.1. The first-order valence-corrected chi connectivity index (χ1v) is 16.3. The Morgan fingerprint density at radius 3 is 2.58 bits per heavy atom. The molecule has 2 fully saturated rings. The summed E-state index contributed by atoms with van der Waals surface area (Å²) >= 11 is 1.60. The molecule has 0 spiro atoms. The van der Waals surface area contributed by atoms with Crippen molar-refractivity contribution in [1.29, 1.82) is 0 Å². The van der Waals surface area contributed by atoms with Gasteiger partial charge in [0.2, 0.25) is 11.9 Å². The molecular weight excluding hydrogens is 588 g/mol. The molecule has 0 unspecified atom stereocenters. The Bertz CT molecular complexity index is 1870. The van der Waals surface area contributed by atoms with Gasteiger partial charge in [-0.1, -0.05) is 0 Å². The predicted octanol–water partition coefficient (Wildman–Crippen LogP) is 4.85. The monoisotopic (exact) mass is 624 g/mol. The Morgan fingerprint density at radius 1 is 1.07 bits per heavy atom. The first-order valence-electron chi connectivity index (χ1n) is 15.4. The van der Waals surface area contributed by atoms with Crippen LogP contribution in [-0.4, -0.2) is 79.1 Å². The van der Waals surface area contributed by atoms with Gasteiger partial charge in [-0.3, -0.25) is 18.7 Å². The normalized spacial score (nSPS) is 16.0. The highest BCUT2D eigenvalue weighted by atomic mass is 32.1. The number of hydrogen-bond donors (Lipinski definition) is 1. The number of anilines is 2. The number of piperidine rings is 1. The van der Waals surface area contributed by atoms with Crippen LogP contribution in [0.15, 0.2) is 65.2 Å². The fourth-order valence-electron chi connectivity index (χ4n) is 6.08. The van der Waals surface area contributed by atoms with Crippen LogP contribution in [0.5, 0.6) is 5.75 Å². The maximum Gasteiger partial charge on any atom is 0.262 e. The SMILES string of the molecule is Cc1c(-c2cc3cnc(Nc4ccc(OC5CCN(C)CC5)cc4)nc3n(CC(=O)N3CCCC3)c2=O)ncn1-c1cccs1. The largest absolute Gasteiger partial charge is 0.490 e. The van der Waals surface area contributed by atoms with Crippen LogP contribution < -0.4 is 15.6 Å². The van der Waals surface area contributed by atoms with Crippen LogP contribution in [0.3, 0.4) is 0 Å². The fraction of sp³-hybridized carbons (Fsp3) is 0.364. The molecule has 45 heavy (non-hydrogen) atoms. The zero-order valence-corrected chi connectivity index (χ0v) is 26.3. The van der Waals surface area contributed by atoms with Crippen molar-refractivity contribution < 1.29 is 9.53 Å². The number of hydrogen-bond acceptors (Lipinski definition) is 9. The van der Waals surface area contributed by atoms with E-state index in [-0.39, 0.29) is 24.1 Å². The Balaban J connectivity index is 1.20. The summed E-state index contributed by atoms with van der Waals surface area (Å²) in [5.74, 6) is 1.06. The molecule has 4 aromatic heterocycles. The van der Waals surface area contributed by atoms with E-state index in [1.165, 1.54) is 4.57 Å². The van der Waals surface area contributed by atoms with Gasteiger partial charge in [0.15, 0.2) is 0 Å². The van der Waals surface area contributed by atoms with Gasteiger partial charge >= 0.3 is 0 Å². The number of nitrogens with zero attached hydrogens (tertiary/aromatic N) is 7. The topological polar surface area (TPSA) is 110 Å². The molecule has 7 rings (SSSR count). The lowest BCUT2D eigenvalue weighted by molar-refractivity contribution is -0.130. The Hall–Kier alpha value is -4.55. The number of thiophene rings is 1. The van der Waals surface area contributed by atoms with E-state index in [2.05, 4.69) is 27.2 Å². The van der Waals surface area contributed by atoms with E-state index in [0.29, 0.717) is 41.3 Å². The number of likely N-dealkylation sites (tertiary alicyclic amines) is 2. The molecule has 12 heteroatoms. The van der Waals surface area contributed by atoms with Gasteiger partial charge in [0.05, 0.1) is 11.3 Å². The summed E-state index contributed by atoms with van der Waals surface area (Å²) in [4.78, 5) is 45.5. The second-order valence-corrected chi connectivity index (χ2v) is 12.7. The number of rotatable bonds is 8. The number of carbonyl (C=O) groups is 1. The van der Waals surface area contributed by atoms with Crippen LogP contribution in [0, 0.1) is 6.92 Å². The number of imidazole rings is 1. The highest BCUT2D eigenvalue weighted by molar-refractivity contribution is 7.12. The number of carbonyl (C=O) groups excluding carboxylic acids is 1. The first kappa shape index (κ1) is 29.2. The zero-order chi connectivity index (χ0) is 30.9. The summed E-state index contributed by atoms with van der Waals surface area (Å²) in [5, 5.41) is 6.92. The molecule has 0 aliphatic carbocycles. The number of amides is 1. The third-order valence-electron chi connectivity index (χ3n) is 8.66. The molecule has 1 aromatic carbocycles. The molecule has 0 atom stereocenters. The van der Waals surface area contributed by atoms with Crippen molar-refractivity contribution in [2.75, 3.05) is 38.5 Å². The van der Waals surface area contributed by atoms with E-state index in [4.69, 9.17) is 9.72 Å². The molecule has 2 aliphatic rings. The molecule has 0 saturated carbocycles. The molecule has 1 N–H and O–H groups in total. The lowest BCUT2D eigenvalue weighted by Gasteiger charge is -2.29. The fourth-order valence-corrected chi connectivity index (χ4v) is 6.83. The Kier molecular flexibility index (Phi) is 8.07. The molecule has 1 amide bonds. The quantitative estimate of drug-likeness (QED) is 0.261. The molecule has 0 radical (unpaired) electrons. The zero-order valence-electron chi connectivity index (χ0n) is 25.5. The van der Waals surface area contributed by atoms with Crippen LogP contribution in [0.1, 0.15) is 31.4 Å². The van der Waals surface area contributed by atoms with Crippen LogP contribution in [-0.2, 0) is 11.3 Å². The summed E-state index contributed by atoms with van der Waals surface area (Å²) < 4.78 is 9.63.